The summed E-state index contributed by atoms with van der Waals surface area (Å²) in [5.41, 5.74) is -0.0879. The highest BCUT2D eigenvalue weighted by Crippen LogP contribution is 2.30. The number of carbonyl (C=O) groups is 2. The van der Waals surface area contributed by atoms with Gasteiger partial charge in [0.05, 0.1) is 23.2 Å². The van der Waals surface area contributed by atoms with Crippen LogP contribution in [0.25, 0.3) is 11.3 Å². The molecule has 2 fully saturated rings. The average molecular weight is 556 g/mol. The molecule has 5 rings (SSSR count). The van der Waals surface area contributed by atoms with E-state index in [2.05, 4.69) is 25.7 Å². The fourth-order valence-electron chi connectivity index (χ4n) is 5.74. The molecule has 212 valence electrons. The molecule has 2 aromatic heterocycles. The quantitative estimate of drug-likeness (QED) is 0.435. The lowest BCUT2D eigenvalue weighted by Crippen LogP contribution is -2.58. The van der Waals surface area contributed by atoms with Crippen molar-refractivity contribution in [1.82, 2.24) is 25.7 Å². The number of rotatable bonds is 7. The maximum Gasteiger partial charge on any atom is 0.273 e. The third-order valence-electron chi connectivity index (χ3n) is 7.87. The van der Waals surface area contributed by atoms with E-state index in [0.717, 1.165) is 31.1 Å². The Hall–Kier alpha value is -3.73. The lowest BCUT2D eigenvalue weighted by molar-refractivity contribution is -0.128. The number of hydrogen-bond acceptors (Lipinski definition) is 6. The van der Waals surface area contributed by atoms with Crippen LogP contribution in [-0.2, 0) is 4.79 Å². The molecule has 1 aliphatic carbocycles. The molecule has 0 spiro atoms. The molecular weight excluding hydrogens is 523 g/mol. The molecule has 2 N–H and O–H groups in total. The number of halogens is 3. The van der Waals surface area contributed by atoms with Gasteiger partial charge in [-0.3, -0.25) is 19.5 Å². The van der Waals surface area contributed by atoms with Gasteiger partial charge in [-0.05, 0) is 38.3 Å². The van der Waals surface area contributed by atoms with Gasteiger partial charge in [-0.15, -0.1) is 0 Å². The van der Waals surface area contributed by atoms with Crippen LogP contribution in [0.1, 0.15) is 67.7 Å². The number of nitrogens with one attached hydrogen (secondary N) is 2. The highest BCUT2D eigenvalue weighted by atomic mass is 19.1. The summed E-state index contributed by atoms with van der Waals surface area (Å²) >= 11 is 0. The normalized spacial score (nSPS) is 21.1. The zero-order chi connectivity index (χ0) is 28.2. The van der Waals surface area contributed by atoms with E-state index in [-0.39, 0.29) is 23.4 Å². The third kappa shape index (κ3) is 6.19. The Morgan fingerprint density at radius 2 is 1.80 bits per heavy atom. The van der Waals surface area contributed by atoms with Crippen molar-refractivity contribution in [3.8, 4) is 11.3 Å². The van der Waals surface area contributed by atoms with Crippen molar-refractivity contribution in [2.24, 2.45) is 5.92 Å². The first-order chi connectivity index (χ1) is 19.3. The summed E-state index contributed by atoms with van der Waals surface area (Å²) in [7, 11) is 0. The van der Waals surface area contributed by atoms with E-state index < -0.39 is 40.9 Å². The molecule has 0 bridgehead atoms. The number of pyridine rings is 1. The van der Waals surface area contributed by atoms with Crippen LogP contribution < -0.4 is 10.6 Å². The number of likely N-dealkylation sites (tertiary alicyclic amines) is 1. The van der Waals surface area contributed by atoms with Gasteiger partial charge >= 0.3 is 0 Å². The number of hydrogen-bond donors (Lipinski definition) is 2. The minimum Gasteiger partial charge on any atom is -0.355 e. The monoisotopic (exact) mass is 555 g/mol. The van der Waals surface area contributed by atoms with Crippen LogP contribution in [0, 0.1) is 23.4 Å². The van der Waals surface area contributed by atoms with E-state index in [0.29, 0.717) is 31.1 Å². The lowest BCUT2D eigenvalue weighted by Gasteiger charge is -2.43. The summed E-state index contributed by atoms with van der Waals surface area (Å²) in [6.45, 7) is 3.08. The summed E-state index contributed by atoms with van der Waals surface area (Å²) in [5.74, 6) is -5.12. The molecule has 2 aliphatic rings. The minimum atomic E-state index is -1.17. The van der Waals surface area contributed by atoms with Crippen molar-refractivity contribution in [2.75, 3.05) is 13.1 Å². The zero-order valence-corrected chi connectivity index (χ0v) is 22.2. The van der Waals surface area contributed by atoms with Crippen molar-refractivity contribution in [3.05, 3.63) is 71.4 Å². The standard InChI is InChI=1S/C29H32F3N5O3/c1-17(23-9-5-6-11-33-23)34-28(38)20-16-37(19-7-3-2-4-8-19)12-10-24(20)35-29(39)25-15-26(40-36-25)27-21(31)13-18(30)14-22(27)32/h5-6,9,11,13-15,17,19-20,24H,2-4,7-8,10,12,16H2,1H3,(H,34,38)(H,35,39)/t17-,20-,24-/m1/s1. The number of carbonyl (C=O) groups excluding carboxylic acids is 2. The Balaban J connectivity index is 1.32. The molecule has 3 heterocycles. The second-order valence-electron chi connectivity index (χ2n) is 10.6. The minimum absolute atomic E-state index is 0.194. The number of aromatic nitrogens is 2. The van der Waals surface area contributed by atoms with E-state index in [4.69, 9.17) is 4.52 Å². The maximum atomic E-state index is 14.2. The number of benzene rings is 1. The fraction of sp³-hybridized carbons (Fsp3) is 0.448. The van der Waals surface area contributed by atoms with Crippen LogP contribution in [0.5, 0.6) is 0 Å². The molecule has 0 radical (unpaired) electrons. The summed E-state index contributed by atoms with van der Waals surface area (Å²) in [6, 6.07) is 7.24. The smallest absolute Gasteiger partial charge is 0.273 e. The summed E-state index contributed by atoms with van der Waals surface area (Å²) in [5, 5.41) is 9.62. The molecule has 1 aromatic carbocycles. The van der Waals surface area contributed by atoms with Crippen LogP contribution >= 0.6 is 0 Å². The molecule has 3 atom stereocenters. The Labute approximate surface area is 230 Å². The van der Waals surface area contributed by atoms with Gasteiger partial charge in [-0.1, -0.05) is 30.5 Å². The van der Waals surface area contributed by atoms with Crippen molar-refractivity contribution in [3.63, 3.8) is 0 Å². The van der Waals surface area contributed by atoms with E-state index in [9.17, 15) is 22.8 Å². The zero-order valence-electron chi connectivity index (χ0n) is 22.2. The van der Waals surface area contributed by atoms with Gasteiger partial charge in [0.1, 0.15) is 17.5 Å². The Bertz CT molecular complexity index is 1320. The van der Waals surface area contributed by atoms with Gasteiger partial charge in [-0.25, -0.2) is 13.2 Å². The second-order valence-corrected chi connectivity index (χ2v) is 10.6. The molecule has 11 heteroatoms. The van der Waals surface area contributed by atoms with Gasteiger partial charge in [0.15, 0.2) is 11.5 Å². The molecule has 1 saturated carbocycles. The summed E-state index contributed by atoms with van der Waals surface area (Å²) in [6.07, 6.45) is 7.95. The number of amides is 2. The third-order valence-corrected chi connectivity index (χ3v) is 7.87. The van der Waals surface area contributed by atoms with Gasteiger partial charge in [0, 0.05) is 49.6 Å². The van der Waals surface area contributed by atoms with Crippen molar-refractivity contribution in [2.45, 2.75) is 63.6 Å². The van der Waals surface area contributed by atoms with Gasteiger partial charge in [0.25, 0.3) is 5.91 Å². The first kappa shape index (κ1) is 27.8. The first-order valence-corrected chi connectivity index (χ1v) is 13.7. The van der Waals surface area contributed by atoms with Crippen LogP contribution in [0.4, 0.5) is 13.2 Å². The average Bonchev–Trinajstić information content (AvgIpc) is 3.43. The van der Waals surface area contributed by atoms with Gasteiger partial charge in [-0.2, -0.15) is 0 Å². The van der Waals surface area contributed by atoms with E-state index in [1.807, 2.05) is 19.1 Å². The predicted molar refractivity (Wildman–Crippen MR) is 140 cm³/mol. The summed E-state index contributed by atoms with van der Waals surface area (Å²) in [4.78, 5) is 33.4. The molecule has 1 aliphatic heterocycles. The topological polar surface area (TPSA) is 100 Å². The molecule has 2 amide bonds. The van der Waals surface area contributed by atoms with E-state index >= 15 is 0 Å². The molecular formula is C29H32F3N5O3. The van der Waals surface area contributed by atoms with Crippen LogP contribution in [0.15, 0.2) is 47.1 Å². The van der Waals surface area contributed by atoms with Crippen LogP contribution in [0.2, 0.25) is 0 Å². The predicted octanol–water partition coefficient (Wildman–Crippen LogP) is 4.78. The van der Waals surface area contributed by atoms with Crippen LogP contribution in [0.3, 0.4) is 0 Å². The van der Waals surface area contributed by atoms with Crippen LogP contribution in [-0.4, -0.2) is 52.0 Å². The van der Waals surface area contributed by atoms with E-state index in [1.54, 1.807) is 12.3 Å². The number of nitrogens with zero attached hydrogens (tertiary/aromatic N) is 3. The van der Waals surface area contributed by atoms with Crippen molar-refractivity contribution in [1.29, 1.82) is 0 Å². The molecule has 1 saturated heterocycles. The maximum absolute atomic E-state index is 14.2. The number of piperidine rings is 1. The lowest BCUT2D eigenvalue weighted by atomic mass is 9.86. The largest absolute Gasteiger partial charge is 0.355 e. The first-order valence-electron chi connectivity index (χ1n) is 13.7. The molecule has 3 aromatic rings. The van der Waals surface area contributed by atoms with Gasteiger partial charge < -0.3 is 15.2 Å². The van der Waals surface area contributed by atoms with E-state index in [1.165, 1.54) is 19.3 Å². The highest BCUT2D eigenvalue weighted by molar-refractivity contribution is 5.94. The van der Waals surface area contributed by atoms with Crippen molar-refractivity contribution < 1.29 is 27.3 Å². The summed E-state index contributed by atoms with van der Waals surface area (Å²) < 4.78 is 46.8. The Morgan fingerprint density at radius 1 is 1.05 bits per heavy atom. The Kier molecular flexibility index (Phi) is 8.49. The van der Waals surface area contributed by atoms with Crippen molar-refractivity contribution >= 4 is 11.8 Å². The SMILES string of the molecule is C[C@@H](NC(=O)[C@@H]1CN(C2CCCCC2)CC[C@H]1NC(=O)c1cc(-c2c(F)cc(F)cc2F)on1)c1ccccn1. The molecule has 40 heavy (non-hydrogen) atoms. The van der Waals surface area contributed by atoms with Gasteiger partial charge in [0.2, 0.25) is 5.91 Å². The highest BCUT2D eigenvalue weighted by Gasteiger charge is 2.38. The Morgan fingerprint density at radius 3 is 2.50 bits per heavy atom. The second kappa shape index (κ2) is 12.2. The molecule has 0 unspecified atom stereocenters. The fourth-order valence-corrected chi connectivity index (χ4v) is 5.74. The molecule has 8 nitrogen and oxygen atoms in total.